The van der Waals surface area contributed by atoms with Crippen LogP contribution in [0.15, 0.2) is 9.42 Å². The minimum Gasteiger partial charge on any atom is -0.382 e. The van der Waals surface area contributed by atoms with Crippen molar-refractivity contribution in [3.8, 4) is 0 Å². The predicted octanol–water partition coefficient (Wildman–Crippen LogP) is 0.965. The molecule has 0 bridgehead atoms. The van der Waals surface area contributed by atoms with Crippen LogP contribution in [0.4, 0.5) is 10.8 Å². The molecule has 2 aromatic rings. The van der Waals surface area contributed by atoms with E-state index >= 15 is 0 Å². The maximum atomic E-state index is 12.3. The molecule has 0 saturated heterocycles. The van der Waals surface area contributed by atoms with Crippen molar-refractivity contribution in [1.82, 2.24) is 14.5 Å². The van der Waals surface area contributed by atoms with E-state index in [1.807, 2.05) is 0 Å². The van der Waals surface area contributed by atoms with Gasteiger partial charge in [0.15, 0.2) is 21.5 Å². The van der Waals surface area contributed by atoms with Crippen molar-refractivity contribution < 1.29 is 12.9 Å². The molecule has 1 aliphatic carbocycles. The Kier molecular flexibility index (Phi) is 3.13. The normalized spacial score (nSPS) is 15.4. The van der Waals surface area contributed by atoms with Gasteiger partial charge in [0.05, 0.1) is 11.8 Å². The van der Waals surface area contributed by atoms with Crippen molar-refractivity contribution in [3.05, 3.63) is 11.7 Å². The van der Waals surface area contributed by atoms with E-state index in [0.717, 1.165) is 11.5 Å². The van der Waals surface area contributed by atoms with E-state index < -0.39 is 9.84 Å². The summed E-state index contributed by atoms with van der Waals surface area (Å²) in [5, 5.41) is 6.71. The number of sulfone groups is 1. The van der Waals surface area contributed by atoms with Gasteiger partial charge in [0, 0.05) is 0 Å². The number of aryl methyl sites for hydroxylation is 1. The smallest absolute Gasteiger partial charge is 0.245 e. The van der Waals surface area contributed by atoms with Crippen LogP contribution in [0.1, 0.15) is 24.6 Å². The van der Waals surface area contributed by atoms with E-state index in [2.05, 4.69) is 19.8 Å². The molecule has 0 atom stereocenters. The second kappa shape index (κ2) is 4.70. The monoisotopic (exact) mass is 315 g/mol. The van der Waals surface area contributed by atoms with E-state index in [0.29, 0.717) is 29.6 Å². The van der Waals surface area contributed by atoms with Crippen molar-refractivity contribution >= 4 is 32.2 Å². The van der Waals surface area contributed by atoms with Gasteiger partial charge in [-0.2, -0.15) is 9.36 Å². The van der Waals surface area contributed by atoms with Gasteiger partial charge >= 0.3 is 0 Å². The number of nitrogens with one attached hydrogen (secondary N) is 1. The quantitative estimate of drug-likeness (QED) is 0.836. The van der Waals surface area contributed by atoms with Gasteiger partial charge < -0.3 is 15.6 Å². The molecule has 1 fully saturated rings. The summed E-state index contributed by atoms with van der Waals surface area (Å²) >= 11 is 1.02. The van der Waals surface area contributed by atoms with Crippen LogP contribution >= 0.6 is 11.5 Å². The number of nitrogens with two attached hydrogens (primary N) is 1. The molecule has 10 heteroatoms. The average molecular weight is 315 g/mol. The van der Waals surface area contributed by atoms with E-state index in [1.165, 1.54) is 0 Å². The Morgan fingerprint density at radius 2 is 2.25 bits per heavy atom. The lowest BCUT2D eigenvalue weighted by Gasteiger charge is -2.05. The largest absolute Gasteiger partial charge is 0.382 e. The van der Waals surface area contributed by atoms with Crippen LogP contribution in [-0.4, -0.2) is 28.2 Å². The van der Waals surface area contributed by atoms with Crippen molar-refractivity contribution in [1.29, 1.82) is 0 Å². The van der Waals surface area contributed by atoms with Crippen molar-refractivity contribution in [2.24, 2.45) is 0 Å². The first-order valence-electron chi connectivity index (χ1n) is 6.00. The zero-order chi connectivity index (χ0) is 14.3. The van der Waals surface area contributed by atoms with Crippen LogP contribution in [0, 0.1) is 6.92 Å². The highest BCUT2D eigenvalue weighted by atomic mass is 32.2. The highest BCUT2D eigenvalue weighted by Gasteiger charge is 2.40. The van der Waals surface area contributed by atoms with Crippen molar-refractivity contribution in [2.45, 2.75) is 36.5 Å². The number of anilines is 2. The molecule has 108 valence electrons. The third kappa shape index (κ3) is 2.36. The van der Waals surface area contributed by atoms with Gasteiger partial charge in [0.2, 0.25) is 5.89 Å². The fourth-order valence-electron chi connectivity index (χ4n) is 1.79. The minimum atomic E-state index is -3.39. The highest BCUT2D eigenvalue weighted by Crippen LogP contribution is 2.41. The molecule has 0 amide bonds. The Balaban J connectivity index is 1.84. The maximum Gasteiger partial charge on any atom is 0.245 e. The molecular formula is C10H13N5O3S2. The number of hydrogen-bond acceptors (Lipinski definition) is 9. The van der Waals surface area contributed by atoms with Crippen LogP contribution in [-0.2, 0) is 16.4 Å². The topological polar surface area (TPSA) is 124 Å². The zero-order valence-corrected chi connectivity index (χ0v) is 12.3. The van der Waals surface area contributed by atoms with Gasteiger partial charge in [-0.15, -0.1) is 0 Å². The fraction of sp³-hybridized carbons (Fsp3) is 0.500. The number of rotatable bonds is 5. The van der Waals surface area contributed by atoms with Crippen LogP contribution in [0.3, 0.4) is 0 Å². The molecule has 0 spiro atoms. The molecule has 2 heterocycles. The second-order valence-electron chi connectivity index (χ2n) is 4.56. The molecule has 0 radical (unpaired) electrons. The first-order valence-corrected chi connectivity index (χ1v) is 8.32. The molecule has 0 aliphatic heterocycles. The zero-order valence-electron chi connectivity index (χ0n) is 10.7. The standard InChI is InChI=1S/C10H13N5O3S2/c1-5-13-7(18-14-5)4-12-10-8(9(11)15-19-10)20(16,17)6-2-3-6/h6,12H,2-4H2,1H3,(H2,11,15). The molecule has 20 heavy (non-hydrogen) atoms. The lowest BCUT2D eigenvalue weighted by Crippen LogP contribution is -2.11. The summed E-state index contributed by atoms with van der Waals surface area (Å²) in [4.78, 5) is 4.13. The summed E-state index contributed by atoms with van der Waals surface area (Å²) in [5.74, 6) is 0.951. The van der Waals surface area contributed by atoms with E-state index in [1.54, 1.807) is 6.92 Å². The molecule has 0 aromatic carbocycles. The second-order valence-corrected chi connectivity index (χ2v) is 7.50. The number of nitrogens with zero attached hydrogens (tertiary/aromatic N) is 3. The van der Waals surface area contributed by atoms with Crippen LogP contribution in [0.2, 0.25) is 0 Å². The first-order chi connectivity index (χ1) is 9.48. The van der Waals surface area contributed by atoms with Crippen LogP contribution in [0.25, 0.3) is 0 Å². The van der Waals surface area contributed by atoms with Gasteiger partial charge in [0.1, 0.15) is 9.90 Å². The SMILES string of the molecule is Cc1noc(CNc2snc(N)c2S(=O)(=O)C2CC2)n1. The fourth-order valence-corrected chi connectivity index (χ4v) is 4.68. The van der Waals surface area contributed by atoms with Gasteiger partial charge in [-0.25, -0.2) is 8.42 Å². The lowest BCUT2D eigenvalue weighted by atomic mass is 10.5. The van der Waals surface area contributed by atoms with E-state index in [-0.39, 0.29) is 22.5 Å². The Hall–Kier alpha value is -1.68. The maximum absolute atomic E-state index is 12.3. The van der Waals surface area contributed by atoms with Gasteiger partial charge in [0.25, 0.3) is 0 Å². The summed E-state index contributed by atoms with van der Waals surface area (Å²) in [5.41, 5.74) is 5.69. The van der Waals surface area contributed by atoms with Gasteiger partial charge in [-0.1, -0.05) is 5.16 Å². The van der Waals surface area contributed by atoms with Crippen molar-refractivity contribution in [2.75, 3.05) is 11.1 Å². The summed E-state index contributed by atoms with van der Waals surface area (Å²) < 4.78 is 33.5. The minimum absolute atomic E-state index is 0.0473. The van der Waals surface area contributed by atoms with E-state index in [9.17, 15) is 8.42 Å². The Morgan fingerprint density at radius 3 is 2.85 bits per heavy atom. The molecule has 2 aromatic heterocycles. The summed E-state index contributed by atoms with van der Waals surface area (Å²) in [6, 6.07) is 0. The third-order valence-electron chi connectivity index (χ3n) is 2.89. The lowest BCUT2D eigenvalue weighted by molar-refractivity contribution is 0.379. The summed E-state index contributed by atoms with van der Waals surface area (Å²) in [6.45, 7) is 1.94. The number of aromatic nitrogens is 3. The summed E-state index contributed by atoms with van der Waals surface area (Å²) in [6.07, 6.45) is 1.36. The molecule has 3 N–H and O–H groups in total. The summed E-state index contributed by atoms with van der Waals surface area (Å²) in [7, 11) is -3.39. The average Bonchev–Trinajstić information content (AvgIpc) is 3.08. The molecule has 1 aliphatic rings. The molecule has 1 saturated carbocycles. The van der Waals surface area contributed by atoms with Crippen molar-refractivity contribution in [3.63, 3.8) is 0 Å². The van der Waals surface area contributed by atoms with Gasteiger partial charge in [-0.05, 0) is 31.3 Å². The van der Waals surface area contributed by atoms with Crippen LogP contribution < -0.4 is 11.1 Å². The Morgan fingerprint density at radius 1 is 1.50 bits per heavy atom. The molecule has 8 nitrogen and oxygen atoms in total. The first kappa shape index (κ1) is 13.3. The molecular weight excluding hydrogens is 302 g/mol. The Labute approximate surface area is 119 Å². The van der Waals surface area contributed by atoms with E-state index in [4.69, 9.17) is 10.3 Å². The third-order valence-corrected chi connectivity index (χ3v) is 6.17. The number of hydrogen-bond donors (Lipinski definition) is 2. The Bertz CT molecular complexity index is 732. The van der Waals surface area contributed by atoms with Crippen LogP contribution in [0.5, 0.6) is 0 Å². The van der Waals surface area contributed by atoms with Gasteiger partial charge in [-0.3, -0.25) is 0 Å². The predicted molar refractivity (Wildman–Crippen MR) is 73.1 cm³/mol. The molecule has 3 rings (SSSR count). The molecule has 0 unspecified atom stereocenters. The highest BCUT2D eigenvalue weighted by molar-refractivity contribution is 7.92. The number of nitrogen functional groups attached to an aromatic ring is 1.